The Morgan fingerprint density at radius 1 is 1.54 bits per heavy atom. The number of hydrogen-bond donors (Lipinski definition) is 2. The van der Waals surface area contributed by atoms with Crippen LogP contribution in [-0.4, -0.2) is 36.7 Å². The van der Waals surface area contributed by atoms with E-state index in [0.29, 0.717) is 6.42 Å². The van der Waals surface area contributed by atoms with E-state index >= 15 is 0 Å². The predicted octanol–water partition coefficient (Wildman–Crippen LogP) is -0.563. The number of amides is 1. The number of carbonyl (C=O) groups is 2. The molecule has 0 saturated heterocycles. The zero-order valence-electron chi connectivity index (χ0n) is 7.87. The third kappa shape index (κ3) is 5.19. The molecule has 0 aromatic heterocycles. The summed E-state index contributed by atoms with van der Waals surface area (Å²) in [6.45, 7) is 1.52. The van der Waals surface area contributed by atoms with E-state index in [-0.39, 0.29) is 18.9 Å². The lowest BCUT2D eigenvalue weighted by Gasteiger charge is -2.10. The number of hydrogen-bond acceptors (Lipinski definition) is 4. The normalized spacial score (nSPS) is 11.9. The van der Waals surface area contributed by atoms with Gasteiger partial charge in [-0.2, -0.15) is 0 Å². The first-order valence-corrected chi connectivity index (χ1v) is 4.10. The number of carbonyl (C=O) groups excluding carboxylic acids is 2. The molecule has 0 spiro atoms. The van der Waals surface area contributed by atoms with Crippen molar-refractivity contribution in [3.8, 4) is 0 Å². The van der Waals surface area contributed by atoms with E-state index in [9.17, 15) is 9.59 Å². The van der Waals surface area contributed by atoms with Gasteiger partial charge in [-0.15, -0.1) is 0 Å². The minimum Gasteiger partial charge on any atom is -0.467 e. The summed E-state index contributed by atoms with van der Waals surface area (Å²) in [6.07, 6.45) is 0.623. The van der Waals surface area contributed by atoms with E-state index in [2.05, 4.69) is 10.1 Å². The van der Waals surface area contributed by atoms with Gasteiger partial charge >= 0.3 is 5.97 Å². The second-order valence-electron chi connectivity index (χ2n) is 2.64. The molecule has 0 aliphatic rings. The quantitative estimate of drug-likeness (QED) is 0.568. The maximum Gasteiger partial charge on any atom is 0.328 e. The highest BCUT2D eigenvalue weighted by molar-refractivity contribution is 5.83. The maximum atomic E-state index is 11.0. The molecule has 0 bridgehead atoms. The molecule has 0 heterocycles. The summed E-state index contributed by atoms with van der Waals surface area (Å²) in [5, 5.41) is 10.9. The van der Waals surface area contributed by atoms with Crippen LogP contribution in [0.3, 0.4) is 0 Å². The molecule has 76 valence electrons. The Morgan fingerprint density at radius 2 is 2.15 bits per heavy atom. The molecule has 5 heteroatoms. The van der Waals surface area contributed by atoms with Gasteiger partial charge in [0.1, 0.15) is 6.04 Å². The van der Waals surface area contributed by atoms with Crippen LogP contribution >= 0.6 is 0 Å². The van der Waals surface area contributed by atoms with Crippen molar-refractivity contribution in [2.24, 2.45) is 0 Å². The first-order valence-electron chi connectivity index (χ1n) is 4.10. The molecule has 0 aromatic rings. The number of ether oxygens (including phenoxy) is 1. The highest BCUT2D eigenvalue weighted by atomic mass is 16.5. The second-order valence-corrected chi connectivity index (χ2v) is 2.64. The number of methoxy groups -OCH3 is 1. The largest absolute Gasteiger partial charge is 0.467 e. The summed E-state index contributed by atoms with van der Waals surface area (Å²) in [5.41, 5.74) is 0. The fourth-order valence-electron chi connectivity index (χ4n) is 0.789. The van der Waals surface area contributed by atoms with Gasteiger partial charge in [-0.1, -0.05) is 0 Å². The van der Waals surface area contributed by atoms with Crippen molar-refractivity contribution in [3.05, 3.63) is 0 Å². The van der Waals surface area contributed by atoms with Crippen molar-refractivity contribution in [2.45, 2.75) is 25.8 Å². The van der Waals surface area contributed by atoms with E-state index in [1.54, 1.807) is 6.92 Å². The molecule has 0 saturated carbocycles. The Labute approximate surface area is 77.1 Å². The van der Waals surface area contributed by atoms with Crippen molar-refractivity contribution < 1.29 is 19.4 Å². The zero-order valence-corrected chi connectivity index (χ0v) is 7.87. The Kier molecular flexibility index (Phi) is 5.88. The SMILES string of the molecule is COC(=O)C(C)NC(=O)CCCO. The van der Waals surface area contributed by atoms with Gasteiger partial charge in [0.05, 0.1) is 7.11 Å². The van der Waals surface area contributed by atoms with E-state index in [1.807, 2.05) is 0 Å². The van der Waals surface area contributed by atoms with Crippen molar-refractivity contribution in [1.29, 1.82) is 0 Å². The maximum absolute atomic E-state index is 11.0. The minimum absolute atomic E-state index is 0.0278. The van der Waals surface area contributed by atoms with Gasteiger partial charge in [0.2, 0.25) is 5.91 Å². The summed E-state index contributed by atoms with van der Waals surface area (Å²) in [4.78, 5) is 21.8. The van der Waals surface area contributed by atoms with Gasteiger partial charge in [0, 0.05) is 13.0 Å². The number of nitrogens with one attached hydrogen (secondary N) is 1. The number of aliphatic hydroxyl groups excluding tert-OH is 1. The van der Waals surface area contributed by atoms with Gasteiger partial charge in [-0.25, -0.2) is 4.79 Å². The average Bonchev–Trinajstić information content (AvgIpc) is 2.13. The third-order valence-corrected chi connectivity index (χ3v) is 1.49. The Bertz CT molecular complexity index is 181. The van der Waals surface area contributed by atoms with Gasteiger partial charge in [-0.3, -0.25) is 4.79 Å². The highest BCUT2D eigenvalue weighted by Gasteiger charge is 2.14. The lowest BCUT2D eigenvalue weighted by atomic mass is 10.2. The van der Waals surface area contributed by atoms with Crippen LogP contribution < -0.4 is 5.32 Å². The number of aliphatic hydroxyl groups is 1. The molecule has 5 nitrogen and oxygen atoms in total. The van der Waals surface area contributed by atoms with Crippen molar-refractivity contribution in [1.82, 2.24) is 5.32 Å². The van der Waals surface area contributed by atoms with Gasteiger partial charge in [0.25, 0.3) is 0 Å². The first-order chi connectivity index (χ1) is 6.11. The molecular formula is C8H15NO4. The van der Waals surface area contributed by atoms with Crippen molar-refractivity contribution in [3.63, 3.8) is 0 Å². The fourth-order valence-corrected chi connectivity index (χ4v) is 0.789. The summed E-state index contributed by atoms with van der Waals surface area (Å²) in [5.74, 6) is -0.732. The predicted molar refractivity (Wildman–Crippen MR) is 45.9 cm³/mol. The van der Waals surface area contributed by atoms with E-state index < -0.39 is 12.0 Å². The fraction of sp³-hybridized carbons (Fsp3) is 0.750. The molecule has 13 heavy (non-hydrogen) atoms. The van der Waals surface area contributed by atoms with Crippen LogP contribution in [0.2, 0.25) is 0 Å². The van der Waals surface area contributed by atoms with Gasteiger partial charge < -0.3 is 15.2 Å². The zero-order chi connectivity index (χ0) is 10.3. The average molecular weight is 189 g/mol. The van der Waals surface area contributed by atoms with E-state index in [0.717, 1.165) is 0 Å². The molecular weight excluding hydrogens is 174 g/mol. The molecule has 0 fully saturated rings. The summed E-state index contributed by atoms with van der Waals surface area (Å²) in [6, 6.07) is -0.629. The minimum atomic E-state index is -0.629. The first kappa shape index (κ1) is 11.9. The summed E-state index contributed by atoms with van der Waals surface area (Å²) < 4.78 is 4.41. The van der Waals surface area contributed by atoms with Crippen LogP contribution in [0.5, 0.6) is 0 Å². The van der Waals surface area contributed by atoms with Crippen LogP contribution in [0.15, 0.2) is 0 Å². The highest BCUT2D eigenvalue weighted by Crippen LogP contribution is 1.91. The van der Waals surface area contributed by atoms with Crippen LogP contribution in [0.25, 0.3) is 0 Å². The summed E-state index contributed by atoms with van der Waals surface area (Å²) in [7, 11) is 1.26. The van der Waals surface area contributed by atoms with Crippen LogP contribution in [0.1, 0.15) is 19.8 Å². The topological polar surface area (TPSA) is 75.6 Å². The Hall–Kier alpha value is -1.10. The van der Waals surface area contributed by atoms with Gasteiger partial charge in [-0.05, 0) is 13.3 Å². The smallest absolute Gasteiger partial charge is 0.328 e. The molecule has 0 aliphatic heterocycles. The number of esters is 1. The Morgan fingerprint density at radius 3 is 2.62 bits per heavy atom. The third-order valence-electron chi connectivity index (χ3n) is 1.49. The Balaban J connectivity index is 3.71. The van der Waals surface area contributed by atoms with Crippen LogP contribution in [0.4, 0.5) is 0 Å². The van der Waals surface area contributed by atoms with Crippen molar-refractivity contribution in [2.75, 3.05) is 13.7 Å². The van der Waals surface area contributed by atoms with Crippen LogP contribution in [0, 0.1) is 0 Å². The molecule has 0 aliphatic carbocycles. The molecule has 1 atom stereocenters. The molecule has 0 rings (SSSR count). The molecule has 1 amide bonds. The van der Waals surface area contributed by atoms with Crippen LogP contribution in [-0.2, 0) is 14.3 Å². The van der Waals surface area contributed by atoms with Crippen molar-refractivity contribution >= 4 is 11.9 Å². The standard InChI is InChI=1S/C8H15NO4/c1-6(8(12)13-2)9-7(11)4-3-5-10/h6,10H,3-5H2,1-2H3,(H,9,11). The van der Waals surface area contributed by atoms with E-state index in [1.165, 1.54) is 7.11 Å². The molecule has 0 aromatic carbocycles. The molecule has 1 unspecified atom stereocenters. The van der Waals surface area contributed by atoms with Gasteiger partial charge in [0.15, 0.2) is 0 Å². The molecule has 2 N–H and O–H groups in total. The molecule has 0 radical (unpaired) electrons. The summed E-state index contributed by atoms with van der Waals surface area (Å²) >= 11 is 0. The second kappa shape index (κ2) is 6.42. The lowest BCUT2D eigenvalue weighted by Crippen LogP contribution is -2.39. The number of rotatable bonds is 5. The lowest BCUT2D eigenvalue weighted by molar-refractivity contribution is -0.144. The monoisotopic (exact) mass is 189 g/mol. The van der Waals surface area contributed by atoms with E-state index in [4.69, 9.17) is 5.11 Å².